The predicted octanol–water partition coefficient (Wildman–Crippen LogP) is 4.86. The maximum Gasteiger partial charge on any atom is 0.305 e. The zero-order chi connectivity index (χ0) is 21.1. The van der Waals surface area contributed by atoms with E-state index in [1.54, 1.807) is 19.1 Å². The van der Waals surface area contributed by atoms with Gasteiger partial charge in [-0.3, -0.25) is 14.4 Å². The molecule has 1 saturated heterocycles. The number of carbonyl (C=O) groups excluding carboxylic acids is 3. The number of carbonyl (C=O) groups is 3. The Morgan fingerprint density at radius 2 is 1.97 bits per heavy atom. The summed E-state index contributed by atoms with van der Waals surface area (Å²) in [6.45, 7) is 2.90. The second kappa shape index (κ2) is 12.4. The van der Waals surface area contributed by atoms with Crippen LogP contribution >= 0.6 is 11.6 Å². The molecule has 29 heavy (non-hydrogen) atoms. The molecule has 0 aromatic heterocycles. The average Bonchev–Trinajstić information content (AvgIpc) is 3.03. The average molecular weight is 420 g/mol. The third-order valence-corrected chi connectivity index (χ3v) is 5.15. The zero-order valence-electron chi connectivity index (χ0n) is 17.1. The van der Waals surface area contributed by atoms with Crippen molar-refractivity contribution in [2.75, 3.05) is 13.2 Å². The summed E-state index contributed by atoms with van der Waals surface area (Å²) in [7, 11) is 0. The number of ether oxygens (including phenoxy) is 1. The number of ketones is 1. The molecule has 1 heterocycles. The molecule has 0 N–H and O–H groups in total. The predicted molar refractivity (Wildman–Crippen MR) is 114 cm³/mol. The van der Waals surface area contributed by atoms with Crippen molar-refractivity contribution >= 4 is 29.3 Å². The van der Waals surface area contributed by atoms with Crippen molar-refractivity contribution in [1.29, 1.82) is 0 Å². The van der Waals surface area contributed by atoms with Gasteiger partial charge >= 0.3 is 5.97 Å². The van der Waals surface area contributed by atoms with E-state index < -0.39 is 0 Å². The molecule has 1 amide bonds. The Bertz CT molecular complexity index is 744. The van der Waals surface area contributed by atoms with Crippen molar-refractivity contribution in [3.05, 3.63) is 46.6 Å². The number of Topliss-reactive ketones (excluding diaryl/α,β-unsaturated/α-hetero) is 1. The minimum Gasteiger partial charge on any atom is -0.466 e. The SMILES string of the molecule is CCOC(=O)CCCCCCN1C(=O)CCC1=CCC(=O)Cc1cccc(Cl)c1. The molecule has 1 aromatic carbocycles. The first-order chi connectivity index (χ1) is 14.0. The number of unbranched alkanes of at least 4 members (excludes halogenated alkanes) is 3. The highest BCUT2D eigenvalue weighted by molar-refractivity contribution is 6.30. The molecule has 5 nitrogen and oxygen atoms in total. The molecule has 0 aliphatic carbocycles. The summed E-state index contributed by atoms with van der Waals surface area (Å²) in [5, 5.41) is 0.628. The van der Waals surface area contributed by atoms with Gasteiger partial charge in [-0.15, -0.1) is 0 Å². The first kappa shape index (κ1) is 23.1. The van der Waals surface area contributed by atoms with Crippen LogP contribution in [-0.2, 0) is 25.5 Å². The number of hydrogen-bond donors (Lipinski definition) is 0. The lowest BCUT2D eigenvalue weighted by molar-refractivity contribution is -0.143. The van der Waals surface area contributed by atoms with Gasteiger partial charge in [-0.1, -0.05) is 42.7 Å². The first-order valence-corrected chi connectivity index (χ1v) is 10.8. The number of halogens is 1. The fraction of sp³-hybridized carbons (Fsp3) is 0.522. The van der Waals surface area contributed by atoms with Gasteiger partial charge in [0.2, 0.25) is 5.91 Å². The number of amides is 1. The fourth-order valence-corrected chi connectivity index (χ4v) is 3.66. The number of likely N-dealkylation sites (tertiary alicyclic amines) is 1. The Morgan fingerprint density at radius 1 is 1.17 bits per heavy atom. The Balaban J connectivity index is 1.73. The van der Waals surface area contributed by atoms with Crippen LogP contribution in [0.3, 0.4) is 0 Å². The highest BCUT2D eigenvalue weighted by Gasteiger charge is 2.24. The number of esters is 1. The summed E-state index contributed by atoms with van der Waals surface area (Å²) >= 11 is 5.96. The van der Waals surface area contributed by atoms with Crippen LogP contribution in [0.2, 0.25) is 5.02 Å². The van der Waals surface area contributed by atoms with Gasteiger partial charge in [0.25, 0.3) is 0 Å². The highest BCUT2D eigenvalue weighted by atomic mass is 35.5. The lowest BCUT2D eigenvalue weighted by Crippen LogP contribution is -2.24. The molecule has 158 valence electrons. The third-order valence-electron chi connectivity index (χ3n) is 4.92. The van der Waals surface area contributed by atoms with E-state index in [9.17, 15) is 14.4 Å². The van der Waals surface area contributed by atoms with Crippen LogP contribution in [0, 0.1) is 0 Å². The lowest BCUT2D eigenvalue weighted by atomic mass is 10.1. The molecule has 0 spiro atoms. The van der Waals surface area contributed by atoms with Gasteiger partial charge in [0, 0.05) is 42.9 Å². The van der Waals surface area contributed by atoms with Crippen LogP contribution in [0.5, 0.6) is 0 Å². The van der Waals surface area contributed by atoms with Crippen molar-refractivity contribution < 1.29 is 19.1 Å². The molecule has 0 atom stereocenters. The molecule has 1 aliphatic heterocycles. The van der Waals surface area contributed by atoms with E-state index in [4.69, 9.17) is 16.3 Å². The Morgan fingerprint density at radius 3 is 2.72 bits per heavy atom. The fourth-order valence-electron chi connectivity index (χ4n) is 3.45. The first-order valence-electron chi connectivity index (χ1n) is 10.4. The molecule has 2 rings (SSSR count). The molecular formula is C23H30ClNO4. The van der Waals surface area contributed by atoms with Crippen LogP contribution in [-0.4, -0.2) is 35.7 Å². The molecule has 6 heteroatoms. The van der Waals surface area contributed by atoms with E-state index in [2.05, 4.69) is 0 Å². The van der Waals surface area contributed by atoms with Crippen LogP contribution in [0.15, 0.2) is 36.0 Å². The summed E-state index contributed by atoms with van der Waals surface area (Å²) in [5.74, 6) is 0.0953. The largest absolute Gasteiger partial charge is 0.466 e. The number of allylic oxidation sites excluding steroid dienone is 2. The van der Waals surface area contributed by atoms with E-state index in [1.165, 1.54) is 0 Å². The smallest absolute Gasteiger partial charge is 0.305 e. The maximum absolute atomic E-state index is 12.3. The van der Waals surface area contributed by atoms with Crippen LogP contribution < -0.4 is 0 Å². The van der Waals surface area contributed by atoms with Gasteiger partial charge in [0.1, 0.15) is 5.78 Å². The summed E-state index contributed by atoms with van der Waals surface area (Å²) in [6, 6.07) is 7.33. The summed E-state index contributed by atoms with van der Waals surface area (Å²) in [5.41, 5.74) is 1.86. The Kier molecular flexibility index (Phi) is 9.92. The second-order valence-electron chi connectivity index (χ2n) is 7.26. The quantitative estimate of drug-likeness (QED) is 0.358. The van der Waals surface area contributed by atoms with Crippen molar-refractivity contribution in [3.8, 4) is 0 Å². The summed E-state index contributed by atoms with van der Waals surface area (Å²) < 4.78 is 4.91. The van der Waals surface area contributed by atoms with E-state index in [1.807, 2.05) is 23.1 Å². The van der Waals surface area contributed by atoms with Crippen LogP contribution in [0.25, 0.3) is 0 Å². The van der Waals surface area contributed by atoms with E-state index in [0.29, 0.717) is 50.3 Å². The molecule has 0 unspecified atom stereocenters. The number of hydrogen-bond acceptors (Lipinski definition) is 4. The minimum atomic E-state index is -0.144. The second-order valence-corrected chi connectivity index (χ2v) is 7.70. The number of rotatable bonds is 12. The lowest BCUT2D eigenvalue weighted by Gasteiger charge is -2.18. The third kappa shape index (κ3) is 8.40. The number of benzene rings is 1. The van der Waals surface area contributed by atoms with Gasteiger partial charge in [0.15, 0.2) is 0 Å². The summed E-state index contributed by atoms with van der Waals surface area (Å²) in [4.78, 5) is 37.6. The van der Waals surface area contributed by atoms with Gasteiger partial charge in [0.05, 0.1) is 6.61 Å². The molecule has 0 radical (unpaired) electrons. The van der Waals surface area contributed by atoms with Crippen LogP contribution in [0.4, 0.5) is 0 Å². The zero-order valence-corrected chi connectivity index (χ0v) is 17.9. The standard InChI is InChI=1S/C23H30ClNO4/c1-2-29-23(28)10-5-3-4-6-15-25-20(12-14-22(25)27)11-13-21(26)17-18-8-7-9-19(24)16-18/h7-9,11,16H,2-6,10,12-15,17H2,1H3. The maximum atomic E-state index is 12.3. The van der Waals surface area contributed by atoms with Gasteiger partial charge < -0.3 is 9.64 Å². The normalized spacial score (nSPS) is 15.2. The molecule has 1 fully saturated rings. The van der Waals surface area contributed by atoms with Gasteiger partial charge in [-0.25, -0.2) is 0 Å². The van der Waals surface area contributed by atoms with Crippen molar-refractivity contribution in [3.63, 3.8) is 0 Å². The Labute approximate surface area is 178 Å². The van der Waals surface area contributed by atoms with Crippen molar-refractivity contribution in [2.24, 2.45) is 0 Å². The Hall–Kier alpha value is -2.14. The van der Waals surface area contributed by atoms with Gasteiger partial charge in [-0.05, 0) is 43.9 Å². The van der Waals surface area contributed by atoms with Crippen LogP contribution in [0.1, 0.15) is 63.9 Å². The minimum absolute atomic E-state index is 0.109. The molecular weight excluding hydrogens is 390 g/mol. The monoisotopic (exact) mass is 419 g/mol. The topological polar surface area (TPSA) is 63.7 Å². The summed E-state index contributed by atoms with van der Waals surface area (Å²) in [6.07, 6.45) is 7.85. The molecule has 0 bridgehead atoms. The molecule has 1 aliphatic rings. The number of nitrogens with zero attached hydrogens (tertiary/aromatic N) is 1. The van der Waals surface area contributed by atoms with E-state index >= 15 is 0 Å². The van der Waals surface area contributed by atoms with Gasteiger partial charge in [-0.2, -0.15) is 0 Å². The van der Waals surface area contributed by atoms with Crippen molar-refractivity contribution in [2.45, 2.75) is 64.7 Å². The molecule has 1 aromatic rings. The highest BCUT2D eigenvalue weighted by Crippen LogP contribution is 2.24. The van der Waals surface area contributed by atoms with E-state index in [-0.39, 0.29) is 17.7 Å². The van der Waals surface area contributed by atoms with E-state index in [0.717, 1.165) is 36.9 Å². The molecule has 0 saturated carbocycles. The van der Waals surface area contributed by atoms with Crippen molar-refractivity contribution in [1.82, 2.24) is 4.90 Å².